The Bertz CT molecular complexity index is 751. The topological polar surface area (TPSA) is 36.9 Å². The van der Waals surface area contributed by atoms with Crippen LogP contribution in [0.15, 0.2) is 6.07 Å². The summed E-state index contributed by atoms with van der Waals surface area (Å²) in [6.07, 6.45) is 0. The second kappa shape index (κ2) is 6.17. The van der Waals surface area contributed by atoms with Gasteiger partial charge in [0.05, 0.1) is 22.4 Å². The predicted octanol–water partition coefficient (Wildman–Crippen LogP) is 3.22. The van der Waals surface area contributed by atoms with E-state index >= 15 is 0 Å². The molecule has 0 saturated carbocycles. The number of hydrogen-bond acceptors (Lipinski definition) is 4. The van der Waals surface area contributed by atoms with E-state index in [1.54, 1.807) is 0 Å². The SMILES string of the molecule is CC1(C)OB(c2cc(Cl)c(B3OC(C)(C)C(C)(C)O3)c(F)c2F)OC1(C)C. The minimum atomic E-state index is -1.12. The van der Waals surface area contributed by atoms with Crippen LogP contribution in [-0.4, -0.2) is 36.6 Å². The largest absolute Gasteiger partial charge is 0.499 e. The molecule has 0 aliphatic carbocycles. The molecule has 0 spiro atoms. The van der Waals surface area contributed by atoms with E-state index in [0.717, 1.165) is 0 Å². The first-order valence-electron chi connectivity index (χ1n) is 8.98. The van der Waals surface area contributed by atoms with Crippen molar-refractivity contribution in [1.82, 2.24) is 0 Å². The van der Waals surface area contributed by atoms with E-state index in [-0.39, 0.29) is 15.9 Å². The van der Waals surface area contributed by atoms with Gasteiger partial charge < -0.3 is 18.6 Å². The highest BCUT2D eigenvalue weighted by atomic mass is 35.5. The third kappa shape index (κ3) is 3.23. The molecule has 0 N–H and O–H groups in total. The average molecular weight is 400 g/mol. The van der Waals surface area contributed by atoms with Crippen molar-refractivity contribution in [2.24, 2.45) is 0 Å². The van der Waals surface area contributed by atoms with E-state index in [4.69, 9.17) is 30.2 Å². The number of benzene rings is 1. The van der Waals surface area contributed by atoms with Crippen molar-refractivity contribution in [3.8, 4) is 0 Å². The first-order valence-corrected chi connectivity index (χ1v) is 9.36. The van der Waals surface area contributed by atoms with Crippen LogP contribution in [0.1, 0.15) is 55.4 Å². The molecule has 27 heavy (non-hydrogen) atoms. The van der Waals surface area contributed by atoms with Crippen molar-refractivity contribution in [2.45, 2.75) is 77.8 Å². The van der Waals surface area contributed by atoms with Crippen molar-refractivity contribution in [2.75, 3.05) is 0 Å². The Balaban J connectivity index is 2.00. The summed E-state index contributed by atoms with van der Waals surface area (Å²) in [5, 5.41) is -0.00267. The maximum atomic E-state index is 15.0. The normalized spacial score (nSPS) is 25.3. The molecular weight excluding hydrogens is 375 g/mol. The molecule has 3 rings (SSSR count). The lowest BCUT2D eigenvalue weighted by atomic mass is 9.72. The van der Waals surface area contributed by atoms with Gasteiger partial charge in [-0.3, -0.25) is 0 Å². The molecule has 1 aromatic rings. The Morgan fingerprint density at radius 2 is 1.07 bits per heavy atom. The zero-order chi connectivity index (χ0) is 20.6. The van der Waals surface area contributed by atoms with Crippen LogP contribution >= 0.6 is 11.6 Å². The van der Waals surface area contributed by atoms with Crippen molar-refractivity contribution in [3.05, 3.63) is 22.7 Å². The second-order valence-electron chi connectivity index (χ2n) is 9.17. The third-order valence-corrected chi connectivity index (χ3v) is 6.53. The molecule has 0 radical (unpaired) electrons. The summed E-state index contributed by atoms with van der Waals surface area (Å²) < 4.78 is 53.2. The molecular formula is C18H25B2ClF2O4. The van der Waals surface area contributed by atoms with Crippen LogP contribution in [-0.2, 0) is 18.6 Å². The monoisotopic (exact) mass is 400 g/mol. The van der Waals surface area contributed by atoms with E-state index in [2.05, 4.69) is 0 Å². The van der Waals surface area contributed by atoms with E-state index in [9.17, 15) is 8.78 Å². The van der Waals surface area contributed by atoms with Crippen LogP contribution in [0.25, 0.3) is 0 Å². The van der Waals surface area contributed by atoms with Gasteiger partial charge in [-0.1, -0.05) is 11.6 Å². The lowest BCUT2D eigenvalue weighted by molar-refractivity contribution is 0.00578. The maximum absolute atomic E-state index is 15.0. The van der Waals surface area contributed by atoms with Gasteiger partial charge in [0.25, 0.3) is 0 Å². The molecule has 0 aromatic heterocycles. The molecule has 0 amide bonds. The highest BCUT2D eigenvalue weighted by molar-refractivity contribution is 6.67. The summed E-state index contributed by atoms with van der Waals surface area (Å²) in [4.78, 5) is 0. The minimum absolute atomic E-state index is 0.00267. The number of hydrogen-bond donors (Lipinski definition) is 0. The summed E-state index contributed by atoms with van der Waals surface area (Å²) in [6, 6.07) is 1.32. The molecule has 4 nitrogen and oxygen atoms in total. The molecule has 148 valence electrons. The van der Waals surface area contributed by atoms with Crippen molar-refractivity contribution < 1.29 is 27.4 Å². The van der Waals surface area contributed by atoms with Crippen LogP contribution in [0.2, 0.25) is 5.02 Å². The second-order valence-corrected chi connectivity index (χ2v) is 9.57. The molecule has 1 aromatic carbocycles. The molecule has 9 heteroatoms. The molecule has 2 fully saturated rings. The fourth-order valence-corrected chi connectivity index (χ4v) is 3.24. The smallest absolute Gasteiger partial charge is 0.399 e. The first-order chi connectivity index (χ1) is 12.1. The van der Waals surface area contributed by atoms with E-state index in [1.165, 1.54) is 6.07 Å². The summed E-state index contributed by atoms with van der Waals surface area (Å²) in [5.41, 5.74) is -3.01. The van der Waals surface area contributed by atoms with Gasteiger partial charge in [0.15, 0.2) is 11.6 Å². The zero-order valence-electron chi connectivity index (χ0n) is 17.0. The summed E-state index contributed by atoms with van der Waals surface area (Å²) in [7, 11) is -2.17. The van der Waals surface area contributed by atoms with E-state index in [0.29, 0.717) is 0 Å². The van der Waals surface area contributed by atoms with Crippen LogP contribution in [0.3, 0.4) is 0 Å². The average Bonchev–Trinajstić information content (AvgIpc) is 2.82. The summed E-state index contributed by atoms with van der Waals surface area (Å²) >= 11 is 6.32. The van der Waals surface area contributed by atoms with Gasteiger partial charge in [0.2, 0.25) is 0 Å². The molecule has 0 bridgehead atoms. The van der Waals surface area contributed by atoms with Gasteiger partial charge in [-0.25, -0.2) is 8.78 Å². The lowest BCUT2D eigenvalue weighted by Crippen LogP contribution is -2.44. The first kappa shape index (κ1) is 21.1. The minimum Gasteiger partial charge on any atom is -0.399 e. The van der Waals surface area contributed by atoms with Crippen molar-refractivity contribution in [3.63, 3.8) is 0 Å². The highest BCUT2D eigenvalue weighted by Gasteiger charge is 2.55. The van der Waals surface area contributed by atoms with Gasteiger partial charge in [0.1, 0.15) is 0 Å². The third-order valence-electron chi connectivity index (χ3n) is 6.22. The van der Waals surface area contributed by atoms with Crippen LogP contribution in [0.4, 0.5) is 8.78 Å². The Labute approximate surface area is 165 Å². The zero-order valence-corrected chi connectivity index (χ0v) is 17.8. The van der Waals surface area contributed by atoms with Crippen LogP contribution in [0, 0.1) is 11.6 Å². The van der Waals surface area contributed by atoms with Gasteiger partial charge in [0, 0.05) is 15.9 Å². The summed E-state index contributed by atoms with van der Waals surface area (Å²) in [5.74, 6) is -2.20. The lowest BCUT2D eigenvalue weighted by Gasteiger charge is -2.32. The van der Waals surface area contributed by atoms with Gasteiger partial charge in [-0.05, 0) is 61.5 Å². The molecule has 0 unspecified atom stereocenters. The maximum Gasteiger partial charge on any atom is 0.499 e. The number of rotatable bonds is 2. The Morgan fingerprint density at radius 1 is 0.704 bits per heavy atom. The standard InChI is InChI=1S/C18H25B2ClF2O4/c1-15(2)16(3,4)25-19(24-15)10-9-11(21)12(14(23)13(10)22)20-26-17(5,6)18(7,8)27-20/h9H,1-8H3. The van der Waals surface area contributed by atoms with Gasteiger partial charge in [-0.2, -0.15) is 0 Å². The van der Waals surface area contributed by atoms with Crippen LogP contribution < -0.4 is 10.9 Å². The molecule has 2 heterocycles. The number of halogens is 3. The van der Waals surface area contributed by atoms with Crippen molar-refractivity contribution in [1.29, 1.82) is 0 Å². The fraction of sp³-hybridized carbons (Fsp3) is 0.667. The predicted molar refractivity (Wildman–Crippen MR) is 103 cm³/mol. The molecule has 2 saturated heterocycles. The fourth-order valence-electron chi connectivity index (χ4n) is 2.95. The molecule has 0 atom stereocenters. The van der Waals surface area contributed by atoms with E-state index < -0.39 is 48.3 Å². The van der Waals surface area contributed by atoms with Crippen molar-refractivity contribution >= 4 is 36.8 Å². The highest BCUT2D eigenvalue weighted by Crippen LogP contribution is 2.38. The van der Waals surface area contributed by atoms with Gasteiger partial charge in [-0.15, -0.1) is 0 Å². The Morgan fingerprint density at radius 3 is 1.48 bits per heavy atom. The Hall–Kier alpha value is -0.660. The summed E-state index contributed by atoms with van der Waals surface area (Å²) in [6.45, 7) is 14.6. The van der Waals surface area contributed by atoms with Gasteiger partial charge >= 0.3 is 14.2 Å². The quantitative estimate of drug-likeness (QED) is 0.564. The van der Waals surface area contributed by atoms with Crippen LogP contribution in [0.5, 0.6) is 0 Å². The molecule has 2 aliphatic heterocycles. The Kier molecular flexibility index (Phi) is 4.81. The van der Waals surface area contributed by atoms with E-state index in [1.807, 2.05) is 55.4 Å². The molecule has 2 aliphatic rings.